The quantitative estimate of drug-likeness (QED) is 0.814. The minimum Gasteiger partial charge on any atom is -0.477 e. The zero-order chi connectivity index (χ0) is 14.6. The molecule has 1 aliphatic heterocycles. The molecule has 0 aromatic carbocycles. The van der Waals surface area contributed by atoms with E-state index in [0.717, 1.165) is 0 Å². The maximum atomic E-state index is 12.1. The number of carbonyl (C=O) groups is 1. The minimum atomic E-state index is -3.38. The molecule has 0 aliphatic carbocycles. The third-order valence-electron chi connectivity index (χ3n) is 3.13. The number of nitrogens with zero attached hydrogens (tertiary/aromatic N) is 1. The van der Waals surface area contributed by atoms with Crippen LogP contribution in [0.3, 0.4) is 0 Å². The van der Waals surface area contributed by atoms with Gasteiger partial charge in [-0.1, -0.05) is 6.07 Å². The molecule has 0 spiro atoms. The number of carboxylic acids is 1. The van der Waals surface area contributed by atoms with Crippen molar-refractivity contribution in [3.8, 4) is 0 Å². The van der Waals surface area contributed by atoms with Crippen LogP contribution in [0.5, 0.6) is 0 Å². The molecule has 2 heterocycles. The van der Waals surface area contributed by atoms with Gasteiger partial charge < -0.3 is 9.84 Å². The number of ether oxygens (including phenoxy) is 1. The van der Waals surface area contributed by atoms with E-state index in [1.165, 1.54) is 12.3 Å². The summed E-state index contributed by atoms with van der Waals surface area (Å²) < 4.78 is 31.8. The van der Waals surface area contributed by atoms with Crippen molar-refractivity contribution in [1.29, 1.82) is 0 Å². The molecule has 2 rings (SSSR count). The SMILES string of the molecule is O=C(O)c1ccc(CNS(=O)(=O)C2CCOCC2)cn1. The third-order valence-corrected chi connectivity index (χ3v) is 5.02. The normalized spacial score (nSPS) is 17.0. The zero-order valence-electron chi connectivity index (χ0n) is 10.8. The Morgan fingerprint density at radius 2 is 2.10 bits per heavy atom. The van der Waals surface area contributed by atoms with E-state index in [4.69, 9.17) is 9.84 Å². The van der Waals surface area contributed by atoms with Crippen LogP contribution in [0.25, 0.3) is 0 Å². The molecular weight excluding hydrogens is 284 g/mol. The fourth-order valence-electron chi connectivity index (χ4n) is 1.94. The number of nitrogens with one attached hydrogen (secondary N) is 1. The molecule has 1 saturated heterocycles. The zero-order valence-corrected chi connectivity index (χ0v) is 11.6. The van der Waals surface area contributed by atoms with Crippen LogP contribution in [0.15, 0.2) is 18.3 Å². The average Bonchev–Trinajstić information content (AvgIpc) is 2.46. The first-order chi connectivity index (χ1) is 9.49. The van der Waals surface area contributed by atoms with E-state index in [1.807, 2.05) is 0 Å². The molecule has 0 amide bonds. The maximum Gasteiger partial charge on any atom is 0.354 e. The van der Waals surface area contributed by atoms with Gasteiger partial charge in [-0.15, -0.1) is 0 Å². The van der Waals surface area contributed by atoms with Crippen molar-refractivity contribution in [3.63, 3.8) is 0 Å². The van der Waals surface area contributed by atoms with Crippen LogP contribution in [0.4, 0.5) is 0 Å². The van der Waals surface area contributed by atoms with Crippen LogP contribution in [-0.4, -0.2) is 42.9 Å². The molecule has 8 heteroatoms. The Bertz CT molecular complexity index is 564. The number of hydrogen-bond acceptors (Lipinski definition) is 5. The van der Waals surface area contributed by atoms with Crippen molar-refractivity contribution >= 4 is 16.0 Å². The van der Waals surface area contributed by atoms with Crippen LogP contribution >= 0.6 is 0 Å². The number of aromatic nitrogens is 1. The molecule has 0 atom stereocenters. The molecule has 0 unspecified atom stereocenters. The summed E-state index contributed by atoms with van der Waals surface area (Å²) in [5.74, 6) is -1.11. The Kier molecular flexibility index (Phi) is 4.69. The summed E-state index contributed by atoms with van der Waals surface area (Å²) >= 11 is 0. The molecule has 1 aliphatic rings. The van der Waals surface area contributed by atoms with Crippen LogP contribution < -0.4 is 4.72 Å². The highest BCUT2D eigenvalue weighted by molar-refractivity contribution is 7.90. The Morgan fingerprint density at radius 3 is 2.65 bits per heavy atom. The highest BCUT2D eigenvalue weighted by Crippen LogP contribution is 2.15. The standard InChI is InChI=1S/C12H16N2O5S/c15-12(16)11-2-1-9(7-13-11)8-14-20(17,18)10-3-5-19-6-4-10/h1-2,7,10,14H,3-6,8H2,(H,15,16). The number of pyridine rings is 1. The van der Waals surface area contributed by atoms with Crippen molar-refractivity contribution in [3.05, 3.63) is 29.6 Å². The Morgan fingerprint density at radius 1 is 1.40 bits per heavy atom. The van der Waals surface area contributed by atoms with Gasteiger partial charge in [0, 0.05) is 26.0 Å². The smallest absolute Gasteiger partial charge is 0.354 e. The van der Waals surface area contributed by atoms with E-state index in [9.17, 15) is 13.2 Å². The van der Waals surface area contributed by atoms with Gasteiger partial charge in [-0.3, -0.25) is 0 Å². The van der Waals surface area contributed by atoms with E-state index in [-0.39, 0.29) is 12.2 Å². The van der Waals surface area contributed by atoms with Crippen molar-refractivity contribution in [2.75, 3.05) is 13.2 Å². The molecule has 0 bridgehead atoms. The van der Waals surface area contributed by atoms with Gasteiger partial charge in [-0.25, -0.2) is 22.9 Å². The fourth-order valence-corrected chi connectivity index (χ4v) is 3.36. The summed E-state index contributed by atoms with van der Waals surface area (Å²) in [6.07, 6.45) is 2.34. The second kappa shape index (κ2) is 6.29. The molecule has 0 radical (unpaired) electrons. The number of hydrogen-bond donors (Lipinski definition) is 2. The fraction of sp³-hybridized carbons (Fsp3) is 0.500. The molecule has 1 aromatic heterocycles. The molecule has 0 saturated carbocycles. The number of rotatable bonds is 5. The lowest BCUT2D eigenvalue weighted by atomic mass is 10.2. The van der Waals surface area contributed by atoms with Gasteiger partial charge in [0.2, 0.25) is 10.0 Å². The second-order valence-electron chi connectivity index (χ2n) is 4.53. The first-order valence-electron chi connectivity index (χ1n) is 6.23. The molecular formula is C12H16N2O5S. The second-order valence-corrected chi connectivity index (χ2v) is 6.58. The van der Waals surface area contributed by atoms with E-state index >= 15 is 0 Å². The highest BCUT2D eigenvalue weighted by Gasteiger charge is 2.27. The van der Waals surface area contributed by atoms with Crippen molar-refractivity contribution in [2.24, 2.45) is 0 Å². The predicted octanol–water partition coefficient (Wildman–Crippen LogP) is 0.378. The van der Waals surface area contributed by atoms with E-state index in [1.54, 1.807) is 6.07 Å². The topological polar surface area (TPSA) is 106 Å². The molecule has 2 N–H and O–H groups in total. The molecule has 20 heavy (non-hydrogen) atoms. The van der Waals surface area contributed by atoms with Crippen LogP contribution in [0, 0.1) is 0 Å². The summed E-state index contributed by atoms with van der Waals surface area (Å²) in [6.45, 7) is 1.02. The van der Waals surface area contributed by atoms with Gasteiger partial charge in [-0.05, 0) is 24.5 Å². The van der Waals surface area contributed by atoms with Crippen LogP contribution in [0.2, 0.25) is 0 Å². The Hall–Kier alpha value is -1.51. The van der Waals surface area contributed by atoms with Gasteiger partial charge in [0.1, 0.15) is 5.69 Å². The van der Waals surface area contributed by atoms with Gasteiger partial charge in [0.25, 0.3) is 0 Å². The number of carboxylic acid groups (broad SMARTS) is 1. The van der Waals surface area contributed by atoms with Crippen molar-refractivity contribution in [2.45, 2.75) is 24.6 Å². The lowest BCUT2D eigenvalue weighted by Gasteiger charge is -2.22. The van der Waals surface area contributed by atoms with E-state index < -0.39 is 21.2 Å². The summed E-state index contributed by atoms with van der Waals surface area (Å²) in [7, 11) is -3.38. The van der Waals surface area contributed by atoms with Crippen LogP contribution in [-0.2, 0) is 21.3 Å². The number of sulfonamides is 1. The Balaban J connectivity index is 1.95. The monoisotopic (exact) mass is 300 g/mol. The highest BCUT2D eigenvalue weighted by atomic mass is 32.2. The minimum absolute atomic E-state index is 0.0685. The first-order valence-corrected chi connectivity index (χ1v) is 7.78. The average molecular weight is 300 g/mol. The molecule has 7 nitrogen and oxygen atoms in total. The van der Waals surface area contributed by atoms with E-state index in [0.29, 0.717) is 31.6 Å². The van der Waals surface area contributed by atoms with Gasteiger partial charge in [0.15, 0.2) is 0 Å². The largest absolute Gasteiger partial charge is 0.477 e. The summed E-state index contributed by atoms with van der Waals surface area (Å²) in [5, 5.41) is 8.29. The first kappa shape index (κ1) is 14.9. The van der Waals surface area contributed by atoms with Gasteiger partial charge in [-0.2, -0.15) is 0 Å². The van der Waals surface area contributed by atoms with Gasteiger partial charge >= 0.3 is 5.97 Å². The maximum absolute atomic E-state index is 12.1. The molecule has 1 fully saturated rings. The summed E-state index contributed by atoms with van der Waals surface area (Å²) in [4.78, 5) is 14.4. The van der Waals surface area contributed by atoms with Crippen LogP contribution in [0.1, 0.15) is 28.9 Å². The lowest BCUT2D eigenvalue weighted by molar-refractivity contribution is 0.0690. The molecule has 1 aromatic rings. The lowest BCUT2D eigenvalue weighted by Crippen LogP contribution is -2.37. The Labute approximate surface area is 117 Å². The predicted molar refractivity (Wildman–Crippen MR) is 70.8 cm³/mol. The van der Waals surface area contributed by atoms with E-state index in [2.05, 4.69) is 9.71 Å². The summed E-state index contributed by atoms with van der Waals surface area (Å²) in [5.41, 5.74) is 0.548. The summed E-state index contributed by atoms with van der Waals surface area (Å²) in [6, 6.07) is 2.89. The van der Waals surface area contributed by atoms with Crippen molar-refractivity contribution in [1.82, 2.24) is 9.71 Å². The third kappa shape index (κ3) is 3.75. The van der Waals surface area contributed by atoms with Gasteiger partial charge in [0.05, 0.1) is 5.25 Å². The van der Waals surface area contributed by atoms with Crippen molar-refractivity contribution < 1.29 is 23.1 Å². The molecule has 110 valence electrons. The number of aromatic carboxylic acids is 1.